The lowest BCUT2D eigenvalue weighted by Gasteiger charge is -2.23. The average Bonchev–Trinajstić information content (AvgIpc) is 2.96. The van der Waals surface area contributed by atoms with Crippen LogP contribution in [-0.4, -0.2) is 30.0 Å². The molecule has 1 aromatic carbocycles. The molecule has 1 amide bonds. The van der Waals surface area contributed by atoms with E-state index in [1.807, 2.05) is 23.6 Å². The number of hydrogen-bond acceptors (Lipinski definition) is 4. The molecule has 1 aromatic heterocycles. The van der Waals surface area contributed by atoms with Crippen LogP contribution in [0.4, 0.5) is 0 Å². The lowest BCUT2D eigenvalue weighted by molar-refractivity contribution is -0.121. The first-order valence-electron chi connectivity index (χ1n) is 7.77. The molecule has 0 radical (unpaired) electrons. The summed E-state index contributed by atoms with van der Waals surface area (Å²) in [7, 11) is 0. The molecule has 0 saturated carbocycles. The van der Waals surface area contributed by atoms with Crippen molar-refractivity contribution in [3.63, 3.8) is 0 Å². The number of piperidine rings is 1. The summed E-state index contributed by atoms with van der Waals surface area (Å²) in [6.45, 7) is 1.93. The SMILES string of the molecule is O=C(Cc1csc(Cc2ccccc2)n1)NC1CCCNC1. The molecule has 1 unspecified atom stereocenters. The van der Waals surface area contributed by atoms with Crippen LogP contribution in [0.1, 0.15) is 29.1 Å². The van der Waals surface area contributed by atoms with Gasteiger partial charge in [-0.1, -0.05) is 30.3 Å². The zero-order valence-corrected chi connectivity index (χ0v) is 13.4. The number of hydrogen-bond donors (Lipinski definition) is 2. The number of nitrogens with one attached hydrogen (secondary N) is 2. The topological polar surface area (TPSA) is 54.0 Å². The highest BCUT2D eigenvalue weighted by Gasteiger charge is 2.16. The van der Waals surface area contributed by atoms with Crippen LogP contribution in [0.25, 0.3) is 0 Å². The molecular formula is C17H21N3OS. The van der Waals surface area contributed by atoms with Crippen molar-refractivity contribution in [2.75, 3.05) is 13.1 Å². The van der Waals surface area contributed by atoms with Crippen LogP contribution in [-0.2, 0) is 17.6 Å². The van der Waals surface area contributed by atoms with Gasteiger partial charge in [-0.3, -0.25) is 4.79 Å². The van der Waals surface area contributed by atoms with Crippen molar-refractivity contribution in [2.24, 2.45) is 0 Å². The molecule has 22 heavy (non-hydrogen) atoms. The summed E-state index contributed by atoms with van der Waals surface area (Å²) in [5.41, 5.74) is 2.12. The molecule has 0 bridgehead atoms. The smallest absolute Gasteiger partial charge is 0.226 e. The minimum Gasteiger partial charge on any atom is -0.352 e. The third-order valence-electron chi connectivity index (χ3n) is 3.80. The lowest BCUT2D eigenvalue weighted by atomic mass is 10.1. The van der Waals surface area contributed by atoms with Crippen molar-refractivity contribution in [2.45, 2.75) is 31.7 Å². The molecule has 4 nitrogen and oxygen atoms in total. The van der Waals surface area contributed by atoms with Crippen molar-refractivity contribution in [3.8, 4) is 0 Å². The van der Waals surface area contributed by atoms with Gasteiger partial charge >= 0.3 is 0 Å². The summed E-state index contributed by atoms with van der Waals surface area (Å²) in [6, 6.07) is 10.6. The van der Waals surface area contributed by atoms with E-state index in [9.17, 15) is 4.79 Å². The van der Waals surface area contributed by atoms with Gasteiger partial charge < -0.3 is 10.6 Å². The Labute approximate surface area is 135 Å². The van der Waals surface area contributed by atoms with Crippen molar-refractivity contribution < 1.29 is 4.79 Å². The fourth-order valence-electron chi connectivity index (χ4n) is 2.70. The minimum absolute atomic E-state index is 0.0743. The Morgan fingerprint density at radius 2 is 2.23 bits per heavy atom. The predicted molar refractivity (Wildman–Crippen MR) is 89.1 cm³/mol. The number of carbonyl (C=O) groups excluding carboxylic acids is 1. The molecule has 1 aliphatic heterocycles. The second kappa shape index (κ2) is 7.51. The van der Waals surface area contributed by atoms with E-state index >= 15 is 0 Å². The fraction of sp³-hybridized carbons (Fsp3) is 0.412. The van der Waals surface area contributed by atoms with Gasteiger partial charge in [0.05, 0.1) is 17.1 Å². The van der Waals surface area contributed by atoms with E-state index in [1.54, 1.807) is 11.3 Å². The lowest BCUT2D eigenvalue weighted by Crippen LogP contribution is -2.46. The van der Waals surface area contributed by atoms with Crippen LogP contribution >= 0.6 is 11.3 Å². The van der Waals surface area contributed by atoms with Gasteiger partial charge in [0.2, 0.25) is 5.91 Å². The normalized spacial score (nSPS) is 18.1. The molecule has 116 valence electrons. The molecule has 1 saturated heterocycles. The maximum absolute atomic E-state index is 12.1. The highest BCUT2D eigenvalue weighted by molar-refractivity contribution is 7.09. The Hall–Kier alpha value is -1.72. The van der Waals surface area contributed by atoms with Crippen LogP contribution in [0.2, 0.25) is 0 Å². The van der Waals surface area contributed by atoms with Crippen molar-refractivity contribution >= 4 is 17.2 Å². The highest BCUT2D eigenvalue weighted by atomic mass is 32.1. The minimum atomic E-state index is 0.0743. The maximum Gasteiger partial charge on any atom is 0.226 e. The van der Waals surface area contributed by atoms with E-state index in [4.69, 9.17) is 0 Å². The van der Waals surface area contributed by atoms with Crippen molar-refractivity contribution in [1.29, 1.82) is 0 Å². The maximum atomic E-state index is 12.1. The van der Waals surface area contributed by atoms with Gasteiger partial charge in [0.15, 0.2) is 0 Å². The van der Waals surface area contributed by atoms with Gasteiger partial charge in [0, 0.05) is 24.4 Å². The highest BCUT2D eigenvalue weighted by Crippen LogP contribution is 2.15. The van der Waals surface area contributed by atoms with Gasteiger partial charge in [0.1, 0.15) is 0 Å². The molecule has 3 rings (SSSR count). The summed E-state index contributed by atoms with van der Waals surface area (Å²) >= 11 is 1.63. The molecule has 2 heterocycles. The first-order valence-corrected chi connectivity index (χ1v) is 8.65. The quantitative estimate of drug-likeness (QED) is 0.889. The summed E-state index contributed by atoms with van der Waals surface area (Å²) in [5.74, 6) is 0.0743. The zero-order chi connectivity index (χ0) is 15.2. The van der Waals surface area contributed by atoms with Gasteiger partial charge in [0.25, 0.3) is 0 Å². The molecule has 1 fully saturated rings. The number of amides is 1. The van der Waals surface area contributed by atoms with Gasteiger partial charge in [-0.25, -0.2) is 4.98 Å². The number of carbonyl (C=O) groups is 1. The molecule has 2 N–H and O–H groups in total. The molecule has 1 atom stereocenters. The number of rotatable bonds is 5. The Morgan fingerprint density at radius 1 is 1.36 bits per heavy atom. The second-order valence-corrected chi connectivity index (χ2v) is 6.63. The molecule has 0 aliphatic carbocycles. The number of thiazole rings is 1. The summed E-state index contributed by atoms with van der Waals surface area (Å²) in [6.07, 6.45) is 3.40. The largest absolute Gasteiger partial charge is 0.352 e. The van der Waals surface area contributed by atoms with Crippen LogP contribution in [0, 0.1) is 0 Å². The fourth-order valence-corrected chi connectivity index (χ4v) is 3.53. The molecular weight excluding hydrogens is 294 g/mol. The van der Waals surface area contributed by atoms with Crippen LogP contribution in [0.15, 0.2) is 35.7 Å². The van der Waals surface area contributed by atoms with Gasteiger partial charge in [-0.15, -0.1) is 11.3 Å². The number of aromatic nitrogens is 1. The average molecular weight is 315 g/mol. The van der Waals surface area contributed by atoms with E-state index in [1.165, 1.54) is 5.56 Å². The van der Waals surface area contributed by atoms with Crippen LogP contribution in [0.5, 0.6) is 0 Å². The Morgan fingerprint density at radius 3 is 3.00 bits per heavy atom. The summed E-state index contributed by atoms with van der Waals surface area (Å²) < 4.78 is 0. The molecule has 2 aromatic rings. The third kappa shape index (κ3) is 4.39. The Balaban J connectivity index is 1.51. The zero-order valence-electron chi connectivity index (χ0n) is 12.5. The number of benzene rings is 1. The van der Waals surface area contributed by atoms with Crippen LogP contribution < -0.4 is 10.6 Å². The van der Waals surface area contributed by atoms with Gasteiger partial charge in [-0.05, 0) is 24.9 Å². The Bertz CT molecular complexity index is 605. The Kier molecular flexibility index (Phi) is 5.19. The van der Waals surface area contributed by atoms with Crippen molar-refractivity contribution in [3.05, 3.63) is 52.0 Å². The first kappa shape index (κ1) is 15.2. The van der Waals surface area contributed by atoms with E-state index in [0.29, 0.717) is 6.42 Å². The van der Waals surface area contributed by atoms with Gasteiger partial charge in [-0.2, -0.15) is 0 Å². The monoisotopic (exact) mass is 315 g/mol. The van der Waals surface area contributed by atoms with E-state index in [0.717, 1.165) is 43.1 Å². The summed E-state index contributed by atoms with van der Waals surface area (Å²) in [4.78, 5) is 16.7. The van der Waals surface area contributed by atoms with E-state index in [-0.39, 0.29) is 11.9 Å². The predicted octanol–water partition coefficient (Wildman–Crippen LogP) is 2.14. The third-order valence-corrected chi connectivity index (χ3v) is 4.70. The molecule has 5 heteroatoms. The summed E-state index contributed by atoms with van der Waals surface area (Å²) in [5, 5.41) is 9.46. The first-order chi connectivity index (χ1) is 10.8. The second-order valence-electron chi connectivity index (χ2n) is 5.68. The van der Waals surface area contributed by atoms with Crippen molar-refractivity contribution in [1.82, 2.24) is 15.6 Å². The van der Waals surface area contributed by atoms with E-state index < -0.39 is 0 Å². The number of nitrogens with zero attached hydrogens (tertiary/aromatic N) is 1. The van der Waals surface area contributed by atoms with Crippen LogP contribution in [0.3, 0.4) is 0 Å². The van der Waals surface area contributed by atoms with E-state index in [2.05, 4.69) is 27.8 Å². The molecule has 1 aliphatic rings. The standard InChI is InChI=1S/C17H21N3OS/c21-16(19-14-7-4-8-18-11-14)10-15-12-22-17(20-15)9-13-5-2-1-3-6-13/h1-3,5-6,12,14,18H,4,7-11H2,(H,19,21). The molecule has 0 spiro atoms.